The Bertz CT molecular complexity index is 49.5. The fourth-order valence-corrected chi connectivity index (χ4v) is 0.289. The minimum Gasteiger partial charge on any atom is -0.291 e. The molecule has 0 amide bonds. The van der Waals surface area contributed by atoms with Crippen molar-refractivity contribution in [1.82, 2.24) is 0 Å². The zero-order valence-corrected chi connectivity index (χ0v) is 4.07. The van der Waals surface area contributed by atoms with Crippen LogP contribution in [0, 0.1) is 0 Å². The molecule has 0 fully saturated rings. The molecule has 0 aliphatic rings. The lowest BCUT2D eigenvalue weighted by atomic mass is 10.3. The highest BCUT2D eigenvalue weighted by molar-refractivity contribution is 5.73. The van der Waals surface area contributed by atoms with E-state index in [2.05, 4.69) is 0 Å². The minimum atomic E-state index is 0.539. The highest BCUT2D eigenvalue weighted by atomic mass is 14.7. The molecule has 0 saturated carbocycles. The van der Waals surface area contributed by atoms with Gasteiger partial charge in [-0.05, 0) is 6.42 Å². The molecule has 0 saturated heterocycles. The van der Waals surface area contributed by atoms with Crippen LogP contribution in [0.1, 0.15) is 19.8 Å². The molecule has 0 aliphatic heterocycles. The summed E-state index contributed by atoms with van der Waals surface area (Å²) in [5, 5.41) is 5.10. The molecule has 6 heavy (non-hydrogen) atoms. The summed E-state index contributed by atoms with van der Waals surface area (Å²) in [5.74, 6) is 0.539. The number of nitrogens with two attached hydrogens (primary N) is 2. The molecular weight excluding hydrogens is 76.1 g/mol. The predicted molar refractivity (Wildman–Crippen MR) is 26.0 cm³/mol. The normalized spacial score (nSPS) is 8.17. The maximum atomic E-state index is 5.10. The van der Waals surface area contributed by atoms with Crippen LogP contribution in [-0.4, -0.2) is 5.84 Å². The van der Waals surface area contributed by atoms with Gasteiger partial charge in [-0.3, -0.25) is 11.1 Å². The van der Waals surface area contributed by atoms with Gasteiger partial charge < -0.3 is 0 Å². The first kappa shape index (κ1) is 5.47. The monoisotopic (exact) mass is 87.1 g/mol. The molecule has 0 aliphatic carbocycles. The lowest BCUT2D eigenvalue weighted by Crippen LogP contribution is -2.45. The van der Waals surface area contributed by atoms with Crippen LogP contribution in [0.4, 0.5) is 0 Å². The Kier molecular flexibility index (Phi) is 2.46. The summed E-state index contributed by atoms with van der Waals surface area (Å²) in [6.45, 7) is 2.04. The summed E-state index contributed by atoms with van der Waals surface area (Å²) in [6.07, 6.45) is 1.89. The van der Waals surface area contributed by atoms with E-state index in [1.54, 1.807) is 0 Å². The van der Waals surface area contributed by atoms with E-state index in [4.69, 9.17) is 11.1 Å². The summed E-state index contributed by atoms with van der Waals surface area (Å²) >= 11 is 0. The van der Waals surface area contributed by atoms with Crippen molar-refractivity contribution in [2.45, 2.75) is 19.8 Å². The minimum absolute atomic E-state index is 0.539. The van der Waals surface area contributed by atoms with Crippen LogP contribution in [-0.2, 0) is 0 Å². The van der Waals surface area contributed by atoms with Gasteiger partial charge in [0.05, 0.1) is 0 Å². The van der Waals surface area contributed by atoms with Crippen molar-refractivity contribution in [3.05, 3.63) is 0 Å². The molecule has 0 aromatic carbocycles. The summed E-state index contributed by atoms with van der Waals surface area (Å²) in [7, 11) is 0. The number of rotatable bonds is 2. The smallest absolute Gasteiger partial charge is 0.238 e. The summed E-state index contributed by atoms with van der Waals surface area (Å²) in [4.78, 5) is 0. The van der Waals surface area contributed by atoms with Gasteiger partial charge in [0.15, 0.2) is 0 Å². The van der Waals surface area contributed by atoms with Gasteiger partial charge in [-0.25, -0.2) is 0 Å². The van der Waals surface area contributed by atoms with Gasteiger partial charge in [0.25, 0.3) is 0 Å². The summed E-state index contributed by atoms with van der Waals surface area (Å²) in [6, 6.07) is 0. The van der Waals surface area contributed by atoms with E-state index in [1.807, 2.05) is 6.92 Å². The molecule has 0 bridgehead atoms. The van der Waals surface area contributed by atoms with Crippen LogP contribution in [0.5, 0.6) is 0 Å². The summed E-state index contributed by atoms with van der Waals surface area (Å²) in [5.41, 5.74) is 5.10. The van der Waals surface area contributed by atoms with E-state index < -0.39 is 0 Å². The van der Waals surface area contributed by atoms with E-state index in [-0.39, 0.29) is 0 Å². The molecule has 36 valence electrons. The highest BCUT2D eigenvalue weighted by Gasteiger charge is 1.86. The maximum Gasteiger partial charge on any atom is 0.238 e. The lowest BCUT2D eigenvalue weighted by Gasteiger charge is -1.79. The average Bonchev–Trinajstić information content (AvgIpc) is 1.35. The first-order valence-electron chi connectivity index (χ1n) is 2.14. The maximum absolute atomic E-state index is 5.10. The number of amidine groups is 1. The third-order valence-corrected chi connectivity index (χ3v) is 0.539. The SMILES string of the molecule is CCCC(N)=[NH2+]. The Morgan fingerprint density at radius 2 is 2.33 bits per heavy atom. The standard InChI is InChI=1S/C4H10N2/c1-2-3-4(5)6/h2-3H2,1H3,(H3,5,6)/p+1. The Balaban J connectivity index is 2.83. The van der Waals surface area contributed by atoms with Gasteiger partial charge in [0.2, 0.25) is 5.84 Å². The topological polar surface area (TPSA) is 51.6 Å². The molecule has 4 N–H and O–H groups in total. The van der Waals surface area contributed by atoms with Crippen LogP contribution in [0.25, 0.3) is 0 Å². The Morgan fingerprint density at radius 3 is 2.33 bits per heavy atom. The van der Waals surface area contributed by atoms with Crippen molar-refractivity contribution >= 4 is 5.84 Å². The fraction of sp³-hybridized carbons (Fsp3) is 0.750. The predicted octanol–water partition coefficient (Wildman–Crippen LogP) is -1.10. The zero-order valence-electron chi connectivity index (χ0n) is 4.07. The van der Waals surface area contributed by atoms with E-state index in [1.165, 1.54) is 0 Å². The van der Waals surface area contributed by atoms with Gasteiger partial charge in [0.1, 0.15) is 0 Å². The van der Waals surface area contributed by atoms with Gasteiger partial charge >= 0.3 is 0 Å². The van der Waals surface area contributed by atoms with Crippen molar-refractivity contribution in [3.63, 3.8) is 0 Å². The molecule has 0 atom stereocenters. The van der Waals surface area contributed by atoms with Gasteiger partial charge in [0, 0.05) is 6.42 Å². The van der Waals surface area contributed by atoms with Gasteiger partial charge in [-0.1, -0.05) is 6.92 Å². The highest BCUT2D eigenvalue weighted by Crippen LogP contribution is 1.77. The Morgan fingerprint density at radius 1 is 1.83 bits per heavy atom. The van der Waals surface area contributed by atoms with Crippen LogP contribution < -0.4 is 11.1 Å². The van der Waals surface area contributed by atoms with Crippen molar-refractivity contribution < 1.29 is 5.41 Å². The first-order chi connectivity index (χ1) is 2.77. The largest absolute Gasteiger partial charge is 0.291 e. The second-order valence-electron chi connectivity index (χ2n) is 1.32. The van der Waals surface area contributed by atoms with E-state index >= 15 is 0 Å². The van der Waals surface area contributed by atoms with Crippen molar-refractivity contribution in [2.24, 2.45) is 5.73 Å². The summed E-state index contributed by atoms with van der Waals surface area (Å²) < 4.78 is 0. The molecule has 0 aromatic rings. The first-order valence-corrected chi connectivity index (χ1v) is 2.14. The van der Waals surface area contributed by atoms with Crippen LogP contribution in [0.2, 0.25) is 0 Å². The molecule has 2 heteroatoms. The van der Waals surface area contributed by atoms with Crippen LogP contribution in [0.15, 0.2) is 0 Å². The van der Waals surface area contributed by atoms with Gasteiger partial charge in [-0.2, -0.15) is 0 Å². The Labute approximate surface area is 37.9 Å². The number of hydrogen-bond acceptors (Lipinski definition) is 0. The molecule has 0 radical (unpaired) electrons. The average molecular weight is 87.1 g/mol. The van der Waals surface area contributed by atoms with Crippen molar-refractivity contribution in [1.29, 1.82) is 0 Å². The molecular formula is C4H11N2+. The molecule has 0 heterocycles. The Hall–Kier alpha value is -0.530. The van der Waals surface area contributed by atoms with Gasteiger partial charge in [-0.15, -0.1) is 0 Å². The molecule has 0 rings (SSSR count). The fourth-order valence-electron chi connectivity index (χ4n) is 0.289. The third-order valence-electron chi connectivity index (χ3n) is 0.539. The number of hydrogen-bond donors (Lipinski definition) is 2. The third kappa shape index (κ3) is 3.47. The van der Waals surface area contributed by atoms with Crippen LogP contribution >= 0.6 is 0 Å². The molecule has 0 spiro atoms. The molecule has 0 unspecified atom stereocenters. The lowest BCUT2D eigenvalue weighted by molar-refractivity contribution is -0.118. The van der Waals surface area contributed by atoms with E-state index in [0.717, 1.165) is 12.8 Å². The van der Waals surface area contributed by atoms with E-state index in [0.29, 0.717) is 5.84 Å². The molecule has 0 aromatic heterocycles. The van der Waals surface area contributed by atoms with E-state index in [9.17, 15) is 0 Å². The van der Waals surface area contributed by atoms with Crippen molar-refractivity contribution in [3.8, 4) is 0 Å². The second-order valence-corrected chi connectivity index (χ2v) is 1.32. The quantitative estimate of drug-likeness (QED) is 0.326. The molecule has 2 nitrogen and oxygen atoms in total. The van der Waals surface area contributed by atoms with Crippen LogP contribution in [0.3, 0.4) is 0 Å². The zero-order chi connectivity index (χ0) is 4.99. The second kappa shape index (κ2) is 2.69. The van der Waals surface area contributed by atoms with Crippen molar-refractivity contribution in [2.75, 3.05) is 0 Å².